The third kappa shape index (κ3) is 6.43. The van der Waals surface area contributed by atoms with Gasteiger partial charge in [0.15, 0.2) is 0 Å². The number of allylic oxidation sites excluding steroid dienone is 2. The van der Waals surface area contributed by atoms with E-state index in [2.05, 4.69) is 25.2 Å². The minimum Gasteiger partial charge on any atom is -0.392 e. The van der Waals surface area contributed by atoms with Crippen LogP contribution in [-0.4, -0.2) is 45.8 Å². The lowest BCUT2D eigenvalue weighted by Gasteiger charge is -2.26. The standard InChI is InChI=1S/C26H43NO3/c1-3-4-13-26(2,30)14-9-11-22-23-18-20(17-21(23)19-24(22)28)10-8-12-25(29)27-15-6-5-7-16-27/h9,11,17,21-24,28,30H,3-8,10,12-16,18-19H2,1-2H3/b11-9+/t21-,22+,23-,24+,26-/m0/s1. The molecule has 1 saturated carbocycles. The lowest BCUT2D eigenvalue weighted by molar-refractivity contribution is -0.132. The molecule has 1 aliphatic heterocycles. The van der Waals surface area contributed by atoms with Gasteiger partial charge < -0.3 is 15.1 Å². The van der Waals surface area contributed by atoms with Gasteiger partial charge in [-0.05, 0) is 76.5 Å². The van der Waals surface area contributed by atoms with Gasteiger partial charge in [-0.2, -0.15) is 0 Å². The predicted octanol–water partition coefficient (Wildman–Crippen LogP) is 5.00. The second-order valence-corrected chi connectivity index (χ2v) is 10.3. The number of hydrogen-bond acceptors (Lipinski definition) is 3. The smallest absolute Gasteiger partial charge is 0.222 e. The summed E-state index contributed by atoms with van der Waals surface area (Å²) in [5.74, 6) is 1.49. The van der Waals surface area contributed by atoms with Crippen molar-refractivity contribution in [1.82, 2.24) is 4.90 Å². The molecule has 1 heterocycles. The van der Waals surface area contributed by atoms with Crippen molar-refractivity contribution in [2.24, 2.45) is 17.8 Å². The fourth-order valence-corrected chi connectivity index (χ4v) is 5.70. The summed E-state index contributed by atoms with van der Waals surface area (Å²) in [7, 11) is 0. The molecule has 2 aliphatic carbocycles. The normalized spacial score (nSPS) is 31.1. The highest BCUT2D eigenvalue weighted by Crippen LogP contribution is 2.48. The highest BCUT2D eigenvalue weighted by atomic mass is 16.3. The number of aliphatic hydroxyl groups is 2. The molecular formula is C26H43NO3. The van der Waals surface area contributed by atoms with Crippen LogP contribution < -0.4 is 0 Å². The second-order valence-electron chi connectivity index (χ2n) is 10.3. The molecule has 4 nitrogen and oxygen atoms in total. The number of nitrogens with zero attached hydrogens (tertiary/aromatic N) is 1. The molecule has 1 saturated heterocycles. The Labute approximate surface area is 183 Å². The first-order valence-corrected chi connectivity index (χ1v) is 12.4. The Hall–Kier alpha value is -1.13. The molecule has 2 N–H and O–H groups in total. The van der Waals surface area contributed by atoms with E-state index in [4.69, 9.17) is 0 Å². The summed E-state index contributed by atoms with van der Waals surface area (Å²) in [5.41, 5.74) is 0.840. The number of hydrogen-bond donors (Lipinski definition) is 2. The molecule has 2 fully saturated rings. The van der Waals surface area contributed by atoms with E-state index in [9.17, 15) is 15.0 Å². The summed E-state index contributed by atoms with van der Waals surface area (Å²) >= 11 is 0. The van der Waals surface area contributed by atoms with Crippen LogP contribution in [0.25, 0.3) is 0 Å². The molecule has 0 aromatic carbocycles. The fourth-order valence-electron chi connectivity index (χ4n) is 5.70. The predicted molar refractivity (Wildman–Crippen MR) is 122 cm³/mol. The lowest BCUT2D eigenvalue weighted by atomic mass is 9.87. The first-order chi connectivity index (χ1) is 14.4. The van der Waals surface area contributed by atoms with E-state index in [-0.39, 0.29) is 12.0 Å². The third-order valence-electron chi connectivity index (χ3n) is 7.53. The number of fused-ring (bicyclic) bond motifs is 1. The van der Waals surface area contributed by atoms with Crippen LogP contribution in [0.5, 0.6) is 0 Å². The molecule has 0 unspecified atom stereocenters. The topological polar surface area (TPSA) is 60.8 Å². The maximum absolute atomic E-state index is 12.4. The molecular weight excluding hydrogens is 374 g/mol. The Morgan fingerprint density at radius 1 is 1.27 bits per heavy atom. The van der Waals surface area contributed by atoms with Crippen molar-refractivity contribution in [3.8, 4) is 0 Å². The summed E-state index contributed by atoms with van der Waals surface area (Å²) in [6, 6.07) is 0. The minimum absolute atomic E-state index is 0.195. The highest BCUT2D eigenvalue weighted by Gasteiger charge is 2.43. The molecule has 0 spiro atoms. The maximum Gasteiger partial charge on any atom is 0.222 e. The Morgan fingerprint density at radius 3 is 2.77 bits per heavy atom. The van der Waals surface area contributed by atoms with Crippen LogP contribution in [0, 0.1) is 17.8 Å². The lowest BCUT2D eigenvalue weighted by Crippen LogP contribution is -2.35. The number of rotatable bonds is 10. The average Bonchev–Trinajstić information content (AvgIpc) is 3.24. The van der Waals surface area contributed by atoms with Gasteiger partial charge in [-0.25, -0.2) is 0 Å². The van der Waals surface area contributed by atoms with Crippen molar-refractivity contribution in [2.75, 3.05) is 13.1 Å². The summed E-state index contributed by atoms with van der Waals surface area (Å²) in [5, 5.41) is 21.0. The van der Waals surface area contributed by atoms with Crippen LogP contribution >= 0.6 is 0 Å². The molecule has 4 heteroatoms. The summed E-state index contributed by atoms with van der Waals surface area (Å²) in [6.45, 7) is 5.96. The van der Waals surface area contributed by atoms with E-state index >= 15 is 0 Å². The van der Waals surface area contributed by atoms with Gasteiger partial charge in [-0.1, -0.05) is 43.6 Å². The third-order valence-corrected chi connectivity index (χ3v) is 7.53. The SMILES string of the molecule is CCCC[C@](C)(O)C/C=C/[C@@H]1[C@H]2CC(CCCC(=O)N3CCCCC3)=C[C@H]2C[C@H]1O. The molecule has 3 aliphatic rings. The van der Waals surface area contributed by atoms with E-state index in [0.29, 0.717) is 30.6 Å². The molecule has 0 radical (unpaired) electrons. The van der Waals surface area contributed by atoms with Crippen molar-refractivity contribution < 1.29 is 15.0 Å². The van der Waals surface area contributed by atoms with Gasteiger partial charge in [-0.3, -0.25) is 4.79 Å². The van der Waals surface area contributed by atoms with Crippen molar-refractivity contribution in [3.63, 3.8) is 0 Å². The Kier molecular flexibility index (Phi) is 8.59. The van der Waals surface area contributed by atoms with Gasteiger partial charge in [0, 0.05) is 25.4 Å². The molecule has 0 aromatic heterocycles. The Balaban J connectivity index is 1.43. The number of carbonyl (C=O) groups is 1. The Bertz CT molecular complexity index is 618. The maximum atomic E-state index is 12.4. The van der Waals surface area contributed by atoms with Crippen LogP contribution in [0.2, 0.25) is 0 Å². The van der Waals surface area contributed by atoms with E-state index in [1.54, 1.807) is 0 Å². The summed E-state index contributed by atoms with van der Waals surface area (Å²) in [6.07, 6.45) is 18.2. The number of amides is 1. The number of piperidine rings is 1. The number of likely N-dealkylation sites (tertiary alicyclic amines) is 1. The number of aliphatic hydroxyl groups excluding tert-OH is 1. The van der Waals surface area contributed by atoms with Gasteiger partial charge in [0.25, 0.3) is 0 Å². The largest absolute Gasteiger partial charge is 0.392 e. The van der Waals surface area contributed by atoms with Gasteiger partial charge in [0.05, 0.1) is 11.7 Å². The molecule has 1 amide bonds. The van der Waals surface area contributed by atoms with Crippen molar-refractivity contribution in [2.45, 2.75) is 103 Å². The van der Waals surface area contributed by atoms with Gasteiger partial charge in [0.1, 0.15) is 0 Å². The van der Waals surface area contributed by atoms with Crippen molar-refractivity contribution >= 4 is 5.91 Å². The first kappa shape index (κ1) is 23.5. The van der Waals surface area contributed by atoms with E-state index in [1.165, 1.54) is 12.0 Å². The number of unbranched alkanes of at least 4 members (excludes halogenated alkanes) is 1. The van der Waals surface area contributed by atoms with Gasteiger partial charge in [0.2, 0.25) is 5.91 Å². The average molecular weight is 418 g/mol. The van der Waals surface area contributed by atoms with Crippen LogP contribution in [0.3, 0.4) is 0 Å². The molecule has 3 rings (SSSR count). The fraction of sp³-hybridized carbons (Fsp3) is 0.808. The number of carbonyl (C=O) groups excluding carboxylic acids is 1. The summed E-state index contributed by atoms with van der Waals surface area (Å²) in [4.78, 5) is 14.4. The first-order valence-electron chi connectivity index (χ1n) is 12.4. The summed E-state index contributed by atoms with van der Waals surface area (Å²) < 4.78 is 0. The van der Waals surface area contributed by atoms with Crippen molar-refractivity contribution in [3.05, 3.63) is 23.8 Å². The van der Waals surface area contributed by atoms with Gasteiger partial charge in [-0.15, -0.1) is 0 Å². The zero-order valence-electron chi connectivity index (χ0n) is 19.2. The van der Waals surface area contributed by atoms with Crippen LogP contribution in [0.1, 0.15) is 90.9 Å². The highest BCUT2D eigenvalue weighted by molar-refractivity contribution is 5.76. The van der Waals surface area contributed by atoms with Crippen LogP contribution in [0.4, 0.5) is 0 Å². The zero-order chi connectivity index (χ0) is 21.6. The second kappa shape index (κ2) is 10.9. The molecule has 170 valence electrons. The van der Waals surface area contributed by atoms with Crippen LogP contribution in [0.15, 0.2) is 23.8 Å². The zero-order valence-corrected chi connectivity index (χ0v) is 19.2. The molecule has 0 bridgehead atoms. The van der Waals surface area contributed by atoms with E-state index in [0.717, 1.165) is 70.9 Å². The quantitative estimate of drug-likeness (QED) is 0.492. The Morgan fingerprint density at radius 2 is 2.03 bits per heavy atom. The van der Waals surface area contributed by atoms with Crippen LogP contribution in [-0.2, 0) is 4.79 Å². The minimum atomic E-state index is -0.643. The van der Waals surface area contributed by atoms with Gasteiger partial charge >= 0.3 is 0 Å². The van der Waals surface area contributed by atoms with E-state index < -0.39 is 5.60 Å². The molecule has 30 heavy (non-hydrogen) atoms. The van der Waals surface area contributed by atoms with Crippen molar-refractivity contribution in [1.29, 1.82) is 0 Å². The molecule has 5 atom stereocenters. The molecule has 0 aromatic rings. The monoisotopic (exact) mass is 417 g/mol. The van der Waals surface area contributed by atoms with E-state index in [1.807, 2.05) is 11.8 Å².